The molecule has 0 N–H and O–H groups in total. The number of hydrogen-bond acceptors (Lipinski definition) is 2. The minimum Gasteiger partial charge on any atom is -0.245 e. The fourth-order valence-electron chi connectivity index (χ4n) is 0.687. The summed E-state index contributed by atoms with van der Waals surface area (Å²) in [5, 5.41) is 8.61. The molecule has 0 bridgehead atoms. The zero-order chi connectivity index (χ0) is 8.27. The van der Waals surface area contributed by atoms with Gasteiger partial charge in [0.05, 0.1) is 3.74 Å². The summed E-state index contributed by atoms with van der Waals surface area (Å²) in [5.41, 5.74) is 1.31. The average Bonchev–Trinajstić information content (AvgIpc) is 2.04. The van der Waals surface area contributed by atoms with Crippen molar-refractivity contribution in [2.45, 2.75) is 3.74 Å². The van der Waals surface area contributed by atoms with Crippen molar-refractivity contribution in [1.82, 2.24) is 4.98 Å². The van der Waals surface area contributed by atoms with Gasteiger partial charge in [-0.15, -0.1) is 0 Å². The van der Waals surface area contributed by atoms with Crippen LogP contribution in [-0.2, 0) is 0 Å². The molecule has 0 aliphatic heterocycles. The molecule has 56 valence electrons. The van der Waals surface area contributed by atoms with E-state index in [2.05, 4.69) is 36.8 Å². The highest BCUT2D eigenvalue weighted by Crippen LogP contribution is 2.30. The normalized spacial score (nSPS) is 9.64. The summed E-state index contributed by atoms with van der Waals surface area (Å²) in [6, 6.07) is 5.65. The molecule has 1 aromatic heterocycles. The first-order valence-electron chi connectivity index (χ1n) is 2.89. The number of nitrogens with zero attached hydrogens (tertiary/aromatic N) is 2. The summed E-state index contributed by atoms with van der Waals surface area (Å²) in [4.78, 5) is 3.90. The Morgan fingerprint density at radius 3 is 2.73 bits per heavy atom. The number of pyridine rings is 1. The summed E-state index contributed by atoms with van der Waals surface area (Å²) in [5.74, 6) is 0. The second kappa shape index (κ2) is 3.84. The van der Waals surface area contributed by atoms with E-state index in [1.165, 1.54) is 0 Å². The van der Waals surface area contributed by atoms with E-state index in [0.717, 1.165) is 5.56 Å². The highest BCUT2D eigenvalue weighted by Gasteiger charge is 2.07. The predicted molar refractivity (Wildman–Crippen MR) is 49.5 cm³/mol. The van der Waals surface area contributed by atoms with E-state index < -0.39 is 0 Å². The van der Waals surface area contributed by atoms with E-state index in [4.69, 9.17) is 5.26 Å². The van der Waals surface area contributed by atoms with E-state index in [-0.39, 0.29) is 3.74 Å². The summed E-state index contributed by atoms with van der Waals surface area (Å²) < 4.78 is -0.00153. The van der Waals surface area contributed by atoms with Crippen molar-refractivity contribution in [3.63, 3.8) is 0 Å². The number of nitriles is 1. The largest absolute Gasteiger partial charge is 0.245 e. The van der Waals surface area contributed by atoms with Gasteiger partial charge in [-0.25, -0.2) is 4.98 Å². The molecule has 0 aliphatic carbocycles. The van der Waals surface area contributed by atoms with Gasteiger partial charge in [0, 0.05) is 11.8 Å². The van der Waals surface area contributed by atoms with Crippen LogP contribution in [-0.4, -0.2) is 4.98 Å². The molecule has 0 unspecified atom stereocenters. The monoisotopic (exact) mass is 274 g/mol. The number of hydrogen-bond donors (Lipinski definition) is 0. The number of alkyl halides is 2. The average molecular weight is 276 g/mol. The summed E-state index contributed by atoms with van der Waals surface area (Å²) in [6.07, 6.45) is 1.60. The van der Waals surface area contributed by atoms with Gasteiger partial charge in [-0.1, -0.05) is 37.9 Å². The Balaban J connectivity index is 3.15. The predicted octanol–water partition coefficient (Wildman–Crippen LogP) is 2.74. The minimum absolute atomic E-state index is 0.00153. The topological polar surface area (TPSA) is 36.7 Å². The van der Waals surface area contributed by atoms with Crippen LogP contribution in [0.25, 0.3) is 0 Å². The maximum absolute atomic E-state index is 8.61. The first-order valence-corrected chi connectivity index (χ1v) is 4.72. The first kappa shape index (κ1) is 8.69. The van der Waals surface area contributed by atoms with Gasteiger partial charge in [0.15, 0.2) is 0 Å². The van der Waals surface area contributed by atoms with Crippen molar-refractivity contribution < 1.29 is 0 Å². The molecule has 1 heterocycles. The second-order valence-corrected chi connectivity index (χ2v) is 4.91. The SMILES string of the molecule is N#Cc1ncccc1C(Br)Br. The fraction of sp³-hybridized carbons (Fsp3) is 0.143. The van der Waals surface area contributed by atoms with Crippen molar-refractivity contribution in [2.75, 3.05) is 0 Å². The summed E-state index contributed by atoms with van der Waals surface area (Å²) in [6.45, 7) is 0. The standard InChI is InChI=1S/C7H4Br2N2/c8-7(9)5-2-1-3-11-6(5)4-10/h1-3,7H. The third-order valence-corrected chi connectivity index (χ3v) is 2.17. The molecule has 1 aromatic rings. The maximum Gasteiger partial charge on any atom is 0.145 e. The Morgan fingerprint density at radius 2 is 2.27 bits per heavy atom. The molecular formula is C7H4Br2N2. The third-order valence-electron chi connectivity index (χ3n) is 1.18. The molecule has 11 heavy (non-hydrogen) atoms. The van der Waals surface area contributed by atoms with E-state index in [1.54, 1.807) is 12.3 Å². The molecule has 0 saturated heterocycles. The molecular weight excluding hydrogens is 272 g/mol. The third kappa shape index (κ3) is 2.01. The summed E-state index contributed by atoms with van der Waals surface area (Å²) >= 11 is 6.60. The zero-order valence-corrected chi connectivity index (χ0v) is 8.63. The van der Waals surface area contributed by atoms with Crippen molar-refractivity contribution in [2.24, 2.45) is 0 Å². The van der Waals surface area contributed by atoms with Crippen molar-refractivity contribution >= 4 is 31.9 Å². The number of halogens is 2. The highest BCUT2D eigenvalue weighted by atomic mass is 79.9. The van der Waals surface area contributed by atoms with Gasteiger partial charge in [0.25, 0.3) is 0 Å². The number of aromatic nitrogens is 1. The lowest BCUT2D eigenvalue weighted by Gasteiger charge is -2.01. The Kier molecular flexibility index (Phi) is 3.03. The van der Waals surface area contributed by atoms with Crippen LogP contribution >= 0.6 is 31.9 Å². The van der Waals surface area contributed by atoms with Crippen molar-refractivity contribution in [3.05, 3.63) is 29.6 Å². The molecule has 0 atom stereocenters. The van der Waals surface area contributed by atoms with Crippen molar-refractivity contribution in [1.29, 1.82) is 5.26 Å². The lowest BCUT2D eigenvalue weighted by molar-refractivity contribution is 1.20. The van der Waals surface area contributed by atoms with Crippen LogP contribution in [0.4, 0.5) is 0 Å². The van der Waals surface area contributed by atoms with Crippen LogP contribution < -0.4 is 0 Å². The van der Waals surface area contributed by atoms with E-state index >= 15 is 0 Å². The molecule has 0 aliphatic rings. The Bertz CT molecular complexity index is 291. The van der Waals surface area contributed by atoms with Crippen LogP contribution in [0.1, 0.15) is 15.0 Å². The molecule has 1 rings (SSSR count). The quantitative estimate of drug-likeness (QED) is 0.739. The van der Waals surface area contributed by atoms with E-state index in [1.807, 2.05) is 12.1 Å². The van der Waals surface area contributed by atoms with Crippen LogP contribution in [0.15, 0.2) is 18.3 Å². The van der Waals surface area contributed by atoms with Crippen molar-refractivity contribution in [3.8, 4) is 6.07 Å². The van der Waals surface area contributed by atoms with Crippen LogP contribution in [0, 0.1) is 11.3 Å². The van der Waals surface area contributed by atoms with Crippen LogP contribution in [0.5, 0.6) is 0 Å². The maximum atomic E-state index is 8.61. The molecule has 0 aromatic carbocycles. The van der Waals surface area contributed by atoms with Gasteiger partial charge in [-0.05, 0) is 6.07 Å². The van der Waals surface area contributed by atoms with Crippen LogP contribution in [0.3, 0.4) is 0 Å². The molecule has 2 nitrogen and oxygen atoms in total. The molecule has 4 heteroatoms. The lowest BCUT2D eigenvalue weighted by Crippen LogP contribution is -1.90. The molecule has 0 amide bonds. The second-order valence-electron chi connectivity index (χ2n) is 1.85. The Hall–Kier alpha value is -0.400. The van der Waals surface area contributed by atoms with E-state index in [9.17, 15) is 0 Å². The Morgan fingerprint density at radius 1 is 1.55 bits per heavy atom. The minimum atomic E-state index is -0.00153. The molecule has 0 radical (unpaired) electrons. The number of rotatable bonds is 1. The lowest BCUT2D eigenvalue weighted by atomic mass is 10.2. The smallest absolute Gasteiger partial charge is 0.145 e. The van der Waals surface area contributed by atoms with Gasteiger partial charge in [-0.3, -0.25) is 0 Å². The summed E-state index contributed by atoms with van der Waals surface area (Å²) in [7, 11) is 0. The van der Waals surface area contributed by atoms with Gasteiger partial charge >= 0.3 is 0 Å². The molecule has 0 saturated carbocycles. The van der Waals surface area contributed by atoms with Gasteiger partial charge < -0.3 is 0 Å². The van der Waals surface area contributed by atoms with Crippen LogP contribution in [0.2, 0.25) is 0 Å². The first-order chi connectivity index (χ1) is 5.25. The Labute approximate surface area is 81.5 Å². The van der Waals surface area contributed by atoms with Gasteiger partial charge in [0.1, 0.15) is 11.8 Å². The molecule has 0 fully saturated rings. The molecule has 0 spiro atoms. The highest BCUT2D eigenvalue weighted by molar-refractivity contribution is 9.24. The van der Waals surface area contributed by atoms with E-state index in [0.29, 0.717) is 5.69 Å². The van der Waals surface area contributed by atoms with Gasteiger partial charge in [0.2, 0.25) is 0 Å². The fourth-order valence-corrected chi connectivity index (χ4v) is 1.43. The van der Waals surface area contributed by atoms with Gasteiger partial charge in [-0.2, -0.15) is 5.26 Å². The zero-order valence-electron chi connectivity index (χ0n) is 5.46.